The Morgan fingerprint density at radius 3 is 1.70 bits per heavy atom. The molecule has 2 heterocycles. The molecule has 0 spiro atoms. The third-order valence-corrected chi connectivity index (χ3v) is 10.4. The molecule has 2 aliphatic rings. The summed E-state index contributed by atoms with van der Waals surface area (Å²) in [5.74, 6) is 0.810. The molecular weight excluding hydrogens is 686 g/mol. The Balaban J connectivity index is 1.27. The van der Waals surface area contributed by atoms with Gasteiger partial charge in [-0.05, 0) is 102 Å². The number of nitrogens with zero attached hydrogens (tertiary/aromatic N) is 4. The summed E-state index contributed by atoms with van der Waals surface area (Å²) in [4.78, 5) is 9.95. The second kappa shape index (κ2) is 11.6. The number of imidazole rings is 2. The first-order chi connectivity index (χ1) is 25.3. The van der Waals surface area contributed by atoms with Crippen molar-refractivity contribution in [2.45, 2.75) is 44.5 Å². The highest BCUT2D eigenvalue weighted by Gasteiger charge is 2.39. The Bertz CT molecular complexity index is 2660. The number of hydrogen-bond donors (Lipinski definition) is 0. The maximum atomic E-state index is 13.9. The van der Waals surface area contributed by atoms with Crippen molar-refractivity contribution in [3.05, 3.63) is 149 Å². The average molecular weight is 717 g/mol. The van der Waals surface area contributed by atoms with Crippen molar-refractivity contribution in [3.63, 3.8) is 0 Å². The molecule has 0 fully saturated rings. The maximum Gasteiger partial charge on any atom is 0.416 e. The van der Waals surface area contributed by atoms with Crippen molar-refractivity contribution < 1.29 is 26.3 Å². The first-order valence-electron chi connectivity index (χ1n) is 17.2. The van der Waals surface area contributed by atoms with E-state index in [1.165, 1.54) is 12.1 Å². The maximum absolute atomic E-state index is 13.9. The molecule has 2 aliphatic carbocycles. The van der Waals surface area contributed by atoms with E-state index in [0.717, 1.165) is 56.8 Å². The monoisotopic (exact) mass is 716 g/mol. The van der Waals surface area contributed by atoms with Crippen LogP contribution in [0.3, 0.4) is 0 Å². The lowest BCUT2D eigenvalue weighted by atomic mass is 9.82. The number of hydrogen-bond acceptors (Lipinski definition) is 2. The molecule has 4 nitrogen and oxygen atoms in total. The predicted molar refractivity (Wildman–Crippen MR) is 195 cm³/mol. The quantitative estimate of drug-likeness (QED) is 0.170. The van der Waals surface area contributed by atoms with Gasteiger partial charge >= 0.3 is 12.4 Å². The molecule has 0 aliphatic heterocycles. The van der Waals surface area contributed by atoms with E-state index in [0.29, 0.717) is 33.8 Å². The molecule has 53 heavy (non-hydrogen) atoms. The summed E-state index contributed by atoms with van der Waals surface area (Å²) in [6, 6.07) is 32.3. The fourth-order valence-corrected chi connectivity index (χ4v) is 7.85. The summed E-state index contributed by atoms with van der Waals surface area (Å²) >= 11 is 0. The van der Waals surface area contributed by atoms with Gasteiger partial charge in [-0.1, -0.05) is 68.5 Å². The zero-order chi connectivity index (χ0) is 36.9. The molecule has 0 saturated heterocycles. The molecule has 0 amide bonds. The van der Waals surface area contributed by atoms with Crippen LogP contribution in [0.4, 0.5) is 26.3 Å². The van der Waals surface area contributed by atoms with Gasteiger partial charge in [0.15, 0.2) is 0 Å². The second-order valence-corrected chi connectivity index (χ2v) is 14.1. The summed E-state index contributed by atoms with van der Waals surface area (Å²) in [6.45, 7) is 4.25. The number of rotatable bonds is 4. The van der Waals surface area contributed by atoms with Crippen LogP contribution in [0.1, 0.15) is 49.2 Å². The van der Waals surface area contributed by atoms with E-state index in [9.17, 15) is 26.3 Å². The molecule has 0 N–H and O–H groups in total. The Morgan fingerprint density at radius 2 is 1.15 bits per heavy atom. The number of para-hydroxylation sites is 2. The Labute approximate surface area is 300 Å². The molecule has 10 heteroatoms. The third kappa shape index (κ3) is 5.30. The molecular formula is C43H30F6N4. The van der Waals surface area contributed by atoms with Crippen molar-refractivity contribution in [2.24, 2.45) is 0 Å². The molecule has 5 aromatic carbocycles. The minimum Gasteiger partial charge on any atom is -0.292 e. The van der Waals surface area contributed by atoms with Crippen LogP contribution in [-0.2, 0) is 11.6 Å². The molecule has 0 atom stereocenters. The fourth-order valence-electron chi connectivity index (χ4n) is 7.85. The van der Waals surface area contributed by atoms with E-state index >= 15 is 0 Å². The minimum atomic E-state index is -4.52. The van der Waals surface area contributed by atoms with Gasteiger partial charge in [0, 0.05) is 33.5 Å². The lowest BCUT2D eigenvalue weighted by molar-refractivity contribution is -0.137. The molecule has 9 rings (SSSR count). The van der Waals surface area contributed by atoms with Gasteiger partial charge in [0.25, 0.3) is 0 Å². The first kappa shape index (κ1) is 33.0. The number of allylic oxidation sites excluding steroid dienone is 4. The smallest absolute Gasteiger partial charge is 0.292 e. The van der Waals surface area contributed by atoms with Gasteiger partial charge in [0.05, 0.1) is 27.6 Å². The first-order valence-corrected chi connectivity index (χ1v) is 17.2. The van der Waals surface area contributed by atoms with Gasteiger partial charge in [0.1, 0.15) is 11.6 Å². The number of fused-ring (bicyclic) bond motifs is 5. The highest BCUT2D eigenvalue weighted by Crippen LogP contribution is 2.52. The SMILES string of the molecule is CC1(C)c2cc3c(cc2-c2cc4nc(-c5cccc(C(F)(F)F)c5)n(-c5ccccc5)c4cc21)nc(C1=CCCC(C(F)(F)F)=C1)n3-c1ccccc1. The highest BCUT2D eigenvalue weighted by atomic mass is 19.4. The average Bonchev–Trinajstić information content (AvgIpc) is 3.78. The minimum absolute atomic E-state index is 0.0815. The van der Waals surface area contributed by atoms with Crippen molar-refractivity contribution in [1.82, 2.24) is 19.1 Å². The Hall–Kier alpha value is -5.90. The Kier molecular flexibility index (Phi) is 7.19. The van der Waals surface area contributed by atoms with Crippen LogP contribution < -0.4 is 0 Å². The van der Waals surface area contributed by atoms with Gasteiger partial charge < -0.3 is 0 Å². The normalized spacial score (nSPS) is 15.4. The summed E-state index contributed by atoms with van der Waals surface area (Å²) in [6.07, 6.45) is -5.76. The van der Waals surface area contributed by atoms with E-state index in [4.69, 9.17) is 9.97 Å². The summed E-state index contributed by atoms with van der Waals surface area (Å²) in [5, 5.41) is 0. The van der Waals surface area contributed by atoms with Crippen LogP contribution >= 0.6 is 0 Å². The summed E-state index contributed by atoms with van der Waals surface area (Å²) < 4.78 is 86.9. The topological polar surface area (TPSA) is 35.6 Å². The molecule has 2 aromatic heterocycles. The van der Waals surface area contributed by atoms with Crippen LogP contribution in [-0.4, -0.2) is 25.3 Å². The van der Waals surface area contributed by atoms with Crippen molar-refractivity contribution in [3.8, 4) is 33.9 Å². The molecule has 0 bridgehead atoms. The predicted octanol–water partition coefficient (Wildman–Crippen LogP) is 12.0. The number of halogens is 6. The Morgan fingerprint density at radius 1 is 0.604 bits per heavy atom. The summed E-state index contributed by atoms with van der Waals surface area (Å²) in [5.41, 5.74) is 7.03. The van der Waals surface area contributed by atoms with E-state index in [-0.39, 0.29) is 12.8 Å². The van der Waals surface area contributed by atoms with E-state index in [2.05, 4.69) is 26.0 Å². The van der Waals surface area contributed by atoms with Crippen LogP contribution in [0.2, 0.25) is 0 Å². The van der Waals surface area contributed by atoms with Gasteiger partial charge in [-0.15, -0.1) is 0 Å². The zero-order valence-electron chi connectivity index (χ0n) is 28.5. The molecule has 0 radical (unpaired) electrons. The summed E-state index contributed by atoms with van der Waals surface area (Å²) in [7, 11) is 0. The van der Waals surface area contributed by atoms with Gasteiger partial charge in [-0.2, -0.15) is 26.3 Å². The fraction of sp³-hybridized carbons (Fsp3) is 0.163. The molecule has 0 saturated carbocycles. The van der Waals surface area contributed by atoms with Gasteiger partial charge in [0.2, 0.25) is 0 Å². The van der Waals surface area contributed by atoms with Crippen molar-refractivity contribution in [2.75, 3.05) is 0 Å². The lowest BCUT2D eigenvalue weighted by Crippen LogP contribution is -2.15. The second-order valence-electron chi connectivity index (χ2n) is 14.1. The van der Waals surface area contributed by atoms with Crippen LogP contribution in [0.25, 0.3) is 61.5 Å². The standard InChI is InChI=1S/C43H30F6N4/c1-41(2)33-23-37-35(50-39(52(37)29-15-5-3-6-16-29)25-11-9-13-27(19-25)42(44,45)46)21-31(33)32-22-36-38(24-34(32)41)53(30-17-7-4-8-18-30)40(51-36)26-12-10-14-28(20-26)43(47,48)49/h3-9,11-13,15-24H,10,14H2,1-2H3. The van der Waals surface area contributed by atoms with E-state index in [1.54, 1.807) is 6.07 Å². The van der Waals surface area contributed by atoms with Crippen LogP contribution in [0.15, 0.2) is 127 Å². The van der Waals surface area contributed by atoms with Gasteiger partial charge in [-0.3, -0.25) is 9.13 Å². The number of alkyl halides is 6. The highest BCUT2D eigenvalue weighted by molar-refractivity contribution is 5.97. The largest absolute Gasteiger partial charge is 0.416 e. The van der Waals surface area contributed by atoms with E-state index in [1.807, 2.05) is 88.0 Å². The zero-order valence-corrected chi connectivity index (χ0v) is 28.5. The van der Waals surface area contributed by atoms with Crippen molar-refractivity contribution >= 4 is 27.6 Å². The van der Waals surface area contributed by atoms with Crippen LogP contribution in [0, 0.1) is 0 Å². The molecule has 7 aromatic rings. The van der Waals surface area contributed by atoms with Crippen molar-refractivity contribution in [1.29, 1.82) is 0 Å². The molecule has 0 unspecified atom stereocenters. The van der Waals surface area contributed by atoms with Gasteiger partial charge in [-0.25, -0.2) is 9.97 Å². The van der Waals surface area contributed by atoms with Crippen LogP contribution in [0.5, 0.6) is 0 Å². The lowest BCUT2D eigenvalue weighted by Gasteiger charge is -2.22. The number of aromatic nitrogens is 4. The van der Waals surface area contributed by atoms with E-state index < -0.39 is 28.9 Å². The number of benzene rings is 5. The third-order valence-electron chi connectivity index (χ3n) is 10.4. The molecule has 264 valence electrons.